The molecule has 0 aromatic heterocycles. The molecule has 19 heavy (non-hydrogen) atoms. The molecule has 2 N–H and O–H groups in total. The van der Waals surface area contributed by atoms with Crippen LogP contribution in [0.1, 0.15) is 13.3 Å². The first kappa shape index (κ1) is 15.5. The summed E-state index contributed by atoms with van der Waals surface area (Å²) < 4.78 is 26.2. The highest BCUT2D eigenvalue weighted by atomic mass is 32.2. The van der Waals surface area contributed by atoms with Gasteiger partial charge in [-0.15, -0.1) is 0 Å². The SMILES string of the molecule is CCCNCCNS(=O)(=O)c1ccccc1[N+](=O)[O-]. The average molecular weight is 287 g/mol. The van der Waals surface area contributed by atoms with E-state index in [0.717, 1.165) is 13.0 Å². The Bertz CT molecular complexity index is 530. The molecule has 0 saturated heterocycles. The minimum absolute atomic E-state index is 0.189. The number of hydrogen-bond donors (Lipinski definition) is 2. The fraction of sp³-hybridized carbons (Fsp3) is 0.455. The first-order valence-electron chi connectivity index (χ1n) is 5.93. The molecular formula is C11H17N3O4S. The largest absolute Gasteiger partial charge is 0.315 e. The fourth-order valence-corrected chi connectivity index (χ4v) is 2.69. The Morgan fingerprint density at radius 1 is 1.21 bits per heavy atom. The first-order valence-corrected chi connectivity index (χ1v) is 7.41. The van der Waals surface area contributed by atoms with Crippen molar-refractivity contribution in [3.8, 4) is 0 Å². The second kappa shape index (κ2) is 7.17. The average Bonchev–Trinajstić information content (AvgIpc) is 2.38. The Kier molecular flexibility index (Phi) is 5.87. The molecule has 1 rings (SSSR count). The molecule has 7 nitrogen and oxygen atoms in total. The Hall–Kier alpha value is -1.51. The van der Waals surface area contributed by atoms with Gasteiger partial charge >= 0.3 is 0 Å². The molecule has 0 unspecified atom stereocenters. The van der Waals surface area contributed by atoms with E-state index in [-0.39, 0.29) is 11.4 Å². The lowest BCUT2D eigenvalue weighted by atomic mass is 10.3. The number of nitro benzene ring substituents is 1. The summed E-state index contributed by atoms with van der Waals surface area (Å²) in [5.41, 5.74) is -0.420. The Morgan fingerprint density at radius 2 is 1.89 bits per heavy atom. The van der Waals surface area contributed by atoms with Gasteiger partial charge in [-0.2, -0.15) is 0 Å². The van der Waals surface area contributed by atoms with Gasteiger partial charge in [0, 0.05) is 19.2 Å². The lowest BCUT2D eigenvalue weighted by molar-refractivity contribution is -0.387. The van der Waals surface area contributed by atoms with Crippen molar-refractivity contribution in [2.24, 2.45) is 0 Å². The zero-order valence-electron chi connectivity index (χ0n) is 10.6. The van der Waals surface area contributed by atoms with Gasteiger partial charge in [0.15, 0.2) is 4.90 Å². The van der Waals surface area contributed by atoms with Gasteiger partial charge in [-0.05, 0) is 19.0 Å². The van der Waals surface area contributed by atoms with Crippen molar-refractivity contribution in [2.75, 3.05) is 19.6 Å². The zero-order valence-corrected chi connectivity index (χ0v) is 11.4. The number of hydrogen-bond acceptors (Lipinski definition) is 5. The number of nitrogens with zero attached hydrogens (tertiary/aromatic N) is 1. The van der Waals surface area contributed by atoms with E-state index in [9.17, 15) is 18.5 Å². The van der Waals surface area contributed by atoms with E-state index in [0.29, 0.717) is 6.54 Å². The molecule has 0 aliphatic rings. The molecule has 0 aliphatic heterocycles. The highest BCUT2D eigenvalue weighted by molar-refractivity contribution is 7.89. The molecule has 0 amide bonds. The van der Waals surface area contributed by atoms with Crippen LogP contribution in [-0.2, 0) is 10.0 Å². The summed E-state index contributed by atoms with van der Waals surface area (Å²) in [6.45, 7) is 3.47. The number of sulfonamides is 1. The number of benzene rings is 1. The van der Waals surface area contributed by atoms with Gasteiger partial charge in [-0.3, -0.25) is 10.1 Å². The third-order valence-electron chi connectivity index (χ3n) is 2.37. The lowest BCUT2D eigenvalue weighted by Gasteiger charge is -2.07. The van der Waals surface area contributed by atoms with Crippen molar-refractivity contribution in [1.29, 1.82) is 0 Å². The van der Waals surface area contributed by atoms with Crippen molar-refractivity contribution in [1.82, 2.24) is 10.0 Å². The number of para-hydroxylation sites is 1. The summed E-state index contributed by atoms with van der Waals surface area (Å²) in [5.74, 6) is 0. The van der Waals surface area contributed by atoms with Crippen molar-refractivity contribution in [3.05, 3.63) is 34.4 Å². The monoisotopic (exact) mass is 287 g/mol. The number of nitro groups is 1. The Morgan fingerprint density at radius 3 is 2.53 bits per heavy atom. The lowest BCUT2D eigenvalue weighted by Crippen LogP contribution is -2.32. The molecule has 0 aliphatic carbocycles. The summed E-state index contributed by atoms with van der Waals surface area (Å²) >= 11 is 0. The highest BCUT2D eigenvalue weighted by Crippen LogP contribution is 2.22. The first-order chi connectivity index (χ1) is 8.99. The Balaban J connectivity index is 2.75. The summed E-state index contributed by atoms with van der Waals surface area (Å²) in [5, 5.41) is 13.8. The van der Waals surface area contributed by atoms with Gasteiger partial charge in [0.25, 0.3) is 5.69 Å². The molecule has 1 aromatic rings. The summed E-state index contributed by atoms with van der Waals surface area (Å²) in [7, 11) is -3.85. The van der Waals surface area contributed by atoms with Crippen LogP contribution in [0, 0.1) is 10.1 Å². The van der Waals surface area contributed by atoms with Crippen LogP contribution in [0.3, 0.4) is 0 Å². The molecule has 0 fully saturated rings. The molecule has 0 saturated carbocycles. The zero-order chi connectivity index (χ0) is 14.3. The van der Waals surface area contributed by atoms with Crippen molar-refractivity contribution in [2.45, 2.75) is 18.2 Å². The second-order valence-electron chi connectivity index (χ2n) is 3.87. The maximum Gasteiger partial charge on any atom is 0.289 e. The molecule has 0 atom stereocenters. The minimum atomic E-state index is -3.85. The van der Waals surface area contributed by atoms with E-state index in [1.165, 1.54) is 24.3 Å². The van der Waals surface area contributed by atoms with E-state index >= 15 is 0 Å². The van der Waals surface area contributed by atoms with E-state index in [1.807, 2.05) is 6.92 Å². The summed E-state index contributed by atoms with van der Waals surface area (Å²) in [4.78, 5) is 9.77. The van der Waals surface area contributed by atoms with E-state index in [4.69, 9.17) is 0 Å². The molecule has 8 heteroatoms. The van der Waals surface area contributed by atoms with Crippen molar-refractivity contribution in [3.63, 3.8) is 0 Å². The van der Waals surface area contributed by atoms with Crippen LogP contribution >= 0.6 is 0 Å². The third-order valence-corrected chi connectivity index (χ3v) is 3.88. The third kappa shape index (κ3) is 4.58. The predicted octanol–water partition coefficient (Wildman–Crippen LogP) is 0.873. The van der Waals surface area contributed by atoms with Gasteiger partial charge in [-0.1, -0.05) is 19.1 Å². The molecule has 0 radical (unpaired) electrons. The van der Waals surface area contributed by atoms with Crippen LogP contribution in [0.4, 0.5) is 5.69 Å². The van der Waals surface area contributed by atoms with Crippen LogP contribution in [0.25, 0.3) is 0 Å². The standard InChI is InChI=1S/C11H17N3O4S/c1-2-7-12-8-9-13-19(17,18)11-6-4-3-5-10(11)14(15)16/h3-6,12-13H,2,7-9H2,1H3. The number of rotatable bonds is 8. The molecule has 0 bridgehead atoms. The maximum absolute atomic E-state index is 11.9. The van der Waals surface area contributed by atoms with Gasteiger partial charge < -0.3 is 5.32 Å². The normalized spacial score (nSPS) is 11.4. The topological polar surface area (TPSA) is 101 Å². The minimum Gasteiger partial charge on any atom is -0.315 e. The van der Waals surface area contributed by atoms with E-state index < -0.39 is 20.6 Å². The smallest absolute Gasteiger partial charge is 0.289 e. The van der Waals surface area contributed by atoms with Gasteiger partial charge in [-0.25, -0.2) is 13.1 Å². The fourth-order valence-electron chi connectivity index (χ4n) is 1.49. The molecule has 0 heterocycles. The van der Waals surface area contributed by atoms with Crippen LogP contribution in [-0.4, -0.2) is 33.0 Å². The molecule has 106 valence electrons. The van der Waals surface area contributed by atoms with Crippen LogP contribution < -0.4 is 10.0 Å². The molecule has 1 aromatic carbocycles. The van der Waals surface area contributed by atoms with Gasteiger partial charge in [0.1, 0.15) is 0 Å². The van der Waals surface area contributed by atoms with Gasteiger partial charge in [0.05, 0.1) is 4.92 Å². The second-order valence-corrected chi connectivity index (χ2v) is 5.61. The number of nitrogens with one attached hydrogen (secondary N) is 2. The summed E-state index contributed by atoms with van der Waals surface area (Å²) in [6, 6.07) is 5.28. The maximum atomic E-state index is 11.9. The van der Waals surface area contributed by atoms with Crippen LogP contribution in [0.5, 0.6) is 0 Å². The highest BCUT2D eigenvalue weighted by Gasteiger charge is 2.24. The van der Waals surface area contributed by atoms with Gasteiger partial charge in [0.2, 0.25) is 10.0 Å². The van der Waals surface area contributed by atoms with Crippen molar-refractivity contribution >= 4 is 15.7 Å². The van der Waals surface area contributed by atoms with E-state index in [1.54, 1.807) is 0 Å². The van der Waals surface area contributed by atoms with Crippen LogP contribution in [0.15, 0.2) is 29.2 Å². The predicted molar refractivity (Wildman–Crippen MR) is 71.4 cm³/mol. The molecule has 0 spiro atoms. The molecular weight excluding hydrogens is 270 g/mol. The van der Waals surface area contributed by atoms with Crippen LogP contribution in [0.2, 0.25) is 0 Å². The quantitative estimate of drug-likeness (QED) is 0.420. The Labute approximate surface area is 112 Å². The summed E-state index contributed by atoms with van der Waals surface area (Å²) in [6.07, 6.45) is 0.955. The van der Waals surface area contributed by atoms with E-state index in [2.05, 4.69) is 10.0 Å². The van der Waals surface area contributed by atoms with Crippen molar-refractivity contribution < 1.29 is 13.3 Å².